The molecule has 0 radical (unpaired) electrons. The van der Waals surface area contributed by atoms with Gasteiger partial charge in [-0.1, -0.05) is 54.2 Å². The van der Waals surface area contributed by atoms with Gasteiger partial charge in [-0.2, -0.15) is 5.26 Å². The second kappa shape index (κ2) is 13.6. The summed E-state index contributed by atoms with van der Waals surface area (Å²) in [5.74, 6) is 1.71. The van der Waals surface area contributed by atoms with Crippen LogP contribution in [0, 0.1) is 11.3 Å². The number of hydrogen-bond acceptors (Lipinski definition) is 8. The van der Waals surface area contributed by atoms with E-state index in [1.165, 1.54) is 18.9 Å². The summed E-state index contributed by atoms with van der Waals surface area (Å²) < 4.78 is 22.3. The van der Waals surface area contributed by atoms with Crippen LogP contribution in [0.15, 0.2) is 77.8 Å². The Hall–Kier alpha value is -4.68. The van der Waals surface area contributed by atoms with Crippen LogP contribution in [0.4, 0.5) is 5.69 Å². The number of ether oxygens (including phenoxy) is 4. The van der Waals surface area contributed by atoms with Crippen molar-refractivity contribution >= 4 is 23.4 Å². The van der Waals surface area contributed by atoms with Crippen molar-refractivity contribution in [3.63, 3.8) is 0 Å². The van der Waals surface area contributed by atoms with E-state index in [2.05, 4.69) is 11.4 Å². The van der Waals surface area contributed by atoms with E-state index >= 15 is 0 Å². The van der Waals surface area contributed by atoms with Crippen LogP contribution in [0.5, 0.6) is 23.0 Å². The Kier molecular flexibility index (Phi) is 9.72. The summed E-state index contributed by atoms with van der Waals surface area (Å²) in [6, 6.07) is 24.7. The van der Waals surface area contributed by atoms with Gasteiger partial charge in [-0.3, -0.25) is 4.79 Å². The normalized spacial score (nSPS) is 11.2. The largest absolute Gasteiger partial charge is 0.493 e. The standard InChI is InChI=1S/C32H31N3O5S/c1-6-40-27-15-11-10-14-25(27)34-31(36)20(2)41-32-24(19-33)23(18-26(35-32)21-12-8-7-9-13-21)22-16-28(37-3)30(39-5)29(17-22)38-4/h7-18,20H,6H2,1-5H3,(H,34,36). The number of nitrogens with one attached hydrogen (secondary N) is 1. The van der Waals surface area contributed by atoms with Crippen LogP contribution in [0.1, 0.15) is 19.4 Å². The highest BCUT2D eigenvalue weighted by Crippen LogP contribution is 2.44. The molecule has 0 spiro atoms. The predicted octanol–water partition coefficient (Wildman–Crippen LogP) is 6.83. The van der Waals surface area contributed by atoms with Crippen molar-refractivity contribution in [2.24, 2.45) is 0 Å². The first-order chi connectivity index (χ1) is 19.9. The molecular weight excluding hydrogens is 538 g/mol. The van der Waals surface area contributed by atoms with Gasteiger partial charge in [-0.15, -0.1) is 0 Å². The van der Waals surface area contributed by atoms with Gasteiger partial charge in [-0.25, -0.2) is 4.98 Å². The molecule has 8 nitrogen and oxygen atoms in total. The van der Waals surface area contributed by atoms with E-state index in [-0.39, 0.29) is 5.91 Å². The maximum atomic E-state index is 13.3. The van der Waals surface area contributed by atoms with Crippen LogP contribution in [0.2, 0.25) is 0 Å². The minimum atomic E-state index is -0.580. The van der Waals surface area contributed by atoms with Gasteiger partial charge in [0.25, 0.3) is 0 Å². The average Bonchev–Trinajstić information content (AvgIpc) is 3.01. The Morgan fingerprint density at radius 2 is 1.59 bits per heavy atom. The fourth-order valence-corrected chi connectivity index (χ4v) is 5.17. The Morgan fingerprint density at radius 3 is 2.20 bits per heavy atom. The number of benzene rings is 3. The Labute approximate surface area is 244 Å². The first-order valence-corrected chi connectivity index (χ1v) is 13.8. The first kappa shape index (κ1) is 29.3. The van der Waals surface area contributed by atoms with Crippen molar-refractivity contribution in [3.8, 4) is 51.5 Å². The lowest BCUT2D eigenvalue weighted by molar-refractivity contribution is -0.115. The molecule has 1 aromatic heterocycles. The van der Waals surface area contributed by atoms with Crippen molar-refractivity contribution in [1.82, 2.24) is 4.98 Å². The van der Waals surface area contributed by atoms with Crippen LogP contribution in [-0.4, -0.2) is 44.1 Å². The molecule has 0 aliphatic rings. The van der Waals surface area contributed by atoms with E-state index < -0.39 is 5.25 Å². The molecule has 41 heavy (non-hydrogen) atoms. The zero-order valence-corrected chi connectivity index (χ0v) is 24.4. The lowest BCUT2D eigenvalue weighted by atomic mass is 9.98. The van der Waals surface area contributed by atoms with Gasteiger partial charge in [0.05, 0.1) is 50.1 Å². The van der Waals surface area contributed by atoms with Crippen molar-refractivity contribution in [1.29, 1.82) is 5.26 Å². The van der Waals surface area contributed by atoms with Gasteiger partial charge in [0.2, 0.25) is 11.7 Å². The van der Waals surface area contributed by atoms with Crippen molar-refractivity contribution in [3.05, 3.63) is 78.4 Å². The molecular formula is C32H31N3O5S. The molecule has 4 rings (SSSR count). The zero-order chi connectivity index (χ0) is 29.4. The molecule has 1 heterocycles. The molecule has 0 saturated carbocycles. The van der Waals surface area contributed by atoms with Crippen LogP contribution in [0.25, 0.3) is 22.4 Å². The van der Waals surface area contributed by atoms with E-state index in [1.807, 2.05) is 55.5 Å². The summed E-state index contributed by atoms with van der Waals surface area (Å²) in [7, 11) is 4.62. The number of para-hydroxylation sites is 2. The molecule has 0 saturated heterocycles. The Morgan fingerprint density at radius 1 is 0.927 bits per heavy atom. The molecule has 1 N–H and O–H groups in total. The number of aromatic nitrogens is 1. The number of anilines is 1. The second-order valence-corrected chi connectivity index (χ2v) is 10.1. The molecule has 3 aromatic carbocycles. The predicted molar refractivity (Wildman–Crippen MR) is 161 cm³/mol. The van der Waals surface area contributed by atoms with Gasteiger partial charge in [0, 0.05) is 11.1 Å². The van der Waals surface area contributed by atoms with E-state index in [0.29, 0.717) is 62.7 Å². The Bertz CT molecular complexity index is 1540. The van der Waals surface area contributed by atoms with Gasteiger partial charge in [0.1, 0.15) is 16.8 Å². The number of carbonyl (C=O) groups is 1. The zero-order valence-electron chi connectivity index (χ0n) is 23.6. The van der Waals surface area contributed by atoms with E-state index in [4.69, 9.17) is 23.9 Å². The summed E-state index contributed by atoms with van der Waals surface area (Å²) in [6.45, 7) is 4.14. The van der Waals surface area contributed by atoms with Crippen molar-refractivity contribution in [2.75, 3.05) is 33.3 Å². The molecule has 1 amide bonds. The van der Waals surface area contributed by atoms with Gasteiger partial charge in [-0.05, 0) is 49.7 Å². The minimum Gasteiger partial charge on any atom is -0.493 e. The maximum absolute atomic E-state index is 13.3. The molecule has 0 aliphatic carbocycles. The monoisotopic (exact) mass is 569 g/mol. The SMILES string of the molecule is CCOc1ccccc1NC(=O)C(C)Sc1nc(-c2ccccc2)cc(-c2cc(OC)c(OC)c(OC)c2)c1C#N. The first-order valence-electron chi connectivity index (χ1n) is 12.9. The summed E-state index contributed by atoms with van der Waals surface area (Å²) >= 11 is 1.21. The van der Waals surface area contributed by atoms with Gasteiger partial charge < -0.3 is 24.3 Å². The smallest absolute Gasteiger partial charge is 0.237 e. The van der Waals surface area contributed by atoms with Crippen LogP contribution >= 0.6 is 11.8 Å². The van der Waals surface area contributed by atoms with Gasteiger partial charge in [0.15, 0.2) is 11.5 Å². The second-order valence-electron chi connectivity index (χ2n) is 8.81. The molecule has 0 aliphatic heterocycles. The molecule has 210 valence electrons. The fraction of sp³-hybridized carbons (Fsp3) is 0.219. The van der Waals surface area contributed by atoms with E-state index in [1.54, 1.807) is 45.4 Å². The molecule has 0 bridgehead atoms. The number of hydrogen-bond donors (Lipinski definition) is 1. The fourth-order valence-electron chi connectivity index (χ4n) is 4.24. The van der Waals surface area contributed by atoms with E-state index in [0.717, 1.165) is 5.56 Å². The maximum Gasteiger partial charge on any atom is 0.237 e. The quantitative estimate of drug-likeness (QED) is 0.196. The third kappa shape index (κ3) is 6.56. The number of methoxy groups -OCH3 is 3. The summed E-state index contributed by atoms with van der Waals surface area (Å²) in [4.78, 5) is 18.1. The van der Waals surface area contributed by atoms with Crippen LogP contribution < -0.4 is 24.3 Å². The minimum absolute atomic E-state index is 0.243. The molecule has 4 aromatic rings. The lowest BCUT2D eigenvalue weighted by Gasteiger charge is -2.18. The van der Waals surface area contributed by atoms with Gasteiger partial charge >= 0.3 is 0 Å². The van der Waals surface area contributed by atoms with Crippen molar-refractivity contribution in [2.45, 2.75) is 24.1 Å². The molecule has 1 unspecified atom stereocenters. The highest BCUT2D eigenvalue weighted by Gasteiger charge is 2.24. The summed E-state index contributed by atoms with van der Waals surface area (Å²) in [5, 5.41) is 13.1. The highest BCUT2D eigenvalue weighted by molar-refractivity contribution is 8.00. The van der Waals surface area contributed by atoms with E-state index in [9.17, 15) is 10.1 Å². The number of amides is 1. The number of nitrogens with zero attached hydrogens (tertiary/aromatic N) is 2. The van der Waals surface area contributed by atoms with Crippen LogP contribution in [0.3, 0.4) is 0 Å². The number of pyridine rings is 1. The summed E-state index contributed by atoms with van der Waals surface area (Å²) in [5.41, 5.74) is 3.74. The molecule has 0 fully saturated rings. The topological polar surface area (TPSA) is 103 Å². The highest BCUT2D eigenvalue weighted by atomic mass is 32.2. The lowest BCUT2D eigenvalue weighted by Crippen LogP contribution is -2.23. The van der Waals surface area contributed by atoms with Crippen molar-refractivity contribution < 1.29 is 23.7 Å². The average molecular weight is 570 g/mol. The third-order valence-electron chi connectivity index (χ3n) is 6.25. The number of thioether (sulfide) groups is 1. The summed E-state index contributed by atoms with van der Waals surface area (Å²) in [6.07, 6.45) is 0. The Balaban J connectivity index is 1.80. The number of rotatable bonds is 11. The number of carbonyl (C=O) groups excluding carboxylic acids is 1. The van der Waals surface area contributed by atoms with Crippen LogP contribution in [-0.2, 0) is 4.79 Å². The number of nitriles is 1. The third-order valence-corrected chi connectivity index (χ3v) is 7.33. The molecule has 1 atom stereocenters. The molecule has 9 heteroatoms.